The maximum Gasteiger partial charge on any atom is 0.326 e. The number of aliphatic carboxylic acids is 1. The van der Waals surface area contributed by atoms with Crippen molar-refractivity contribution in [2.24, 2.45) is 0 Å². The number of nitrogens with zero attached hydrogens (tertiary/aromatic N) is 2. The van der Waals surface area contributed by atoms with E-state index in [9.17, 15) is 9.59 Å². The van der Waals surface area contributed by atoms with E-state index in [1.54, 1.807) is 18.0 Å². The number of amides is 2. The summed E-state index contributed by atoms with van der Waals surface area (Å²) in [7, 11) is 0. The van der Waals surface area contributed by atoms with Crippen molar-refractivity contribution in [3.05, 3.63) is 30.1 Å². The van der Waals surface area contributed by atoms with Crippen LogP contribution < -0.4 is 5.32 Å². The van der Waals surface area contributed by atoms with Crippen LogP contribution >= 0.6 is 11.8 Å². The maximum atomic E-state index is 12.2. The molecule has 0 bridgehead atoms. The first-order valence-corrected chi connectivity index (χ1v) is 8.15. The normalized spacial score (nSPS) is 11.7. The van der Waals surface area contributed by atoms with Gasteiger partial charge in [-0.2, -0.15) is 11.8 Å². The van der Waals surface area contributed by atoms with Gasteiger partial charge in [-0.25, -0.2) is 9.59 Å². The predicted molar refractivity (Wildman–Crippen MR) is 83.3 cm³/mol. The minimum Gasteiger partial charge on any atom is -0.480 e. The van der Waals surface area contributed by atoms with Crippen LogP contribution in [0.3, 0.4) is 0 Å². The molecular formula is C14H21N3O3S. The molecule has 0 saturated heterocycles. The predicted octanol–water partition coefficient (Wildman–Crippen LogP) is 1.82. The fraction of sp³-hybridized carbons (Fsp3) is 0.500. The number of carbonyl (C=O) groups excluding carboxylic acids is 1. The van der Waals surface area contributed by atoms with Gasteiger partial charge in [0.05, 0.1) is 12.2 Å². The second-order valence-electron chi connectivity index (χ2n) is 4.46. The van der Waals surface area contributed by atoms with Gasteiger partial charge in [0.2, 0.25) is 0 Å². The number of thioether (sulfide) groups is 1. The molecule has 1 rings (SSSR count). The Kier molecular flexibility index (Phi) is 7.60. The summed E-state index contributed by atoms with van der Waals surface area (Å²) in [5.41, 5.74) is 0.769. The molecular weight excluding hydrogens is 290 g/mol. The lowest BCUT2D eigenvalue weighted by Crippen LogP contribution is -2.48. The van der Waals surface area contributed by atoms with Gasteiger partial charge < -0.3 is 15.3 Å². The average molecular weight is 311 g/mol. The van der Waals surface area contributed by atoms with Crippen molar-refractivity contribution in [1.29, 1.82) is 0 Å². The number of carbonyl (C=O) groups is 2. The summed E-state index contributed by atoms with van der Waals surface area (Å²) in [6.07, 6.45) is 3.98. The third kappa shape index (κ3) is 6.03. The molecule has 7 heteroatoms. The molecule has 0 aromatic carbocycles. The van der Waals surface area contributed by atoms with Crippen molar-refractivity contribution in [2.45, 2.75) is 25.9 Å². The maximum absolute atomic E-state index is 12.2. The van der Waals surface area contributed by atoms with Gasteiger partial charge in [0.25, 0.3) is 0 Å². The molecule has 0 spiro atoms. The van der Waals surface area contributed by atoms with E-state index in [1.165, 1.54) is 4.90 Å². The van der Waals surface area contributed by atoms with Crippen LogP contribution in [0.4, 0.5) is 4.79 Å². The molecule has 6 nitrogen and oxygen atoms in total. The van der Waals surface area contributed by atoms with Crippen molar-refractivity contribution in [3.63, 3.8) is 0 Å². The first-order valence-electron chi connectivity index (χ1n) is 6.75. The molecule has 1 atom stereocenters. The molecule has 0 fully saturated rings. The Bertz CT molecular complexity index is 456. The lowest BCUT2D eigenvalue weighted by atomic mass is 10.2. The van der Waals surface area contributed by atoms with E-state index in [-0.39, 0.29) is 6.03 Å². The van der Waals surface area contributed by atoms with Crippen LogP contribution in [0.15, 0.2) is 24.4 Å². The summed E-state index contributed by atoms with van der Waals surface area (Å²) in [5, 5.41) is 11.7. The summed E-state index contributed by atoms with van der Waals surface area (Å²) in [6.45, 7) is 2.69. The highest BCUT2D eigenvalue weighted by Gasteiger charge is 2.22. The van der Waals surface area contributed by atoms with E-state index in [4.69, 9.17) is 5.11 Å². The van der Waals surface area contributed by atoms with Crippen molar-refractivity contribution in [2.75, 3.05) is 18.6 Å². The summed E-state index contributed by atoms with van der Waals surface area (Å²) < 4.78 is 0. The van der Waals surface area contributed by atoms with Gasteiger partial charge in [-0.1, -0.05) is 6.07 Å². The van der Waals surface area contributed by atoms with Gasteiger partial charge in [0.15, 0.2) is 0 Å². The van der Waals surface area contributed by atoms with E-state index in [2.05, 4.69) is 10.3 Å². The SMILES string of the molecule is CCN(Cc1ccccn1)C(=O)N[C@H](CCSC)C(=O)O. The number of pyridine rings is 1. The lowest BCUT2D eigenvalue weighted by molar-refractivity contribution is -0.139. The smallest absolute Gasteiger partial charge is 0.326 e. The lowest BCUT2D eigenvalue weighted by Gasteiger charge is -2.23. The highest BCUT2D eigenvalue weighted by molar-refractivity contribution is 7.98. The minimum absolute atomic E-state index is 0.359. The number of nitrogens with one attached hydrogen (secondary N) is 1. The summed E-state index contributed by atoms with van der Waals surface area (Å²) >= 11 is 1.55. The van der Waals surface area contributed by atoms with Gasteiger partial charge in [0.1, 0.15) is 6.04 Å². The Morgan fingerprint density at radius 2 is 2.24 bits per heavy atom. The van der Waals surface area contributed by atoms with E-state index in [0.29, 0.717) is 25.3 Å². The Balaban J connectivity index is 2.62. The van der Waals surface area contributed by atoms with E-state index in [1.807, 2.05) is 31.4 Å². The van der Waals surface area contributed by atoms with Crippen molar-refractivity contribution in [3.8, 4) is 0 Å². The third-order valence-corrected chi connectivity index (χ3v) is 3.60. The van der Waals surface area contributed by atoms with Crippen molar-refractivity contribution in [1.82, 2.24) is 15.2 Å². The second kappa shape index (κ2) is 9.23. The number of hydrogen-bond acceptors (Lipinski definition) is 4. The summed E-state index contributed by atoms with van der Waals surface area (Å²) in [4.78, 5) is 29.0. The number of hydrogen-bond donors (Lipinski definition) is 2. The number of carboxylic acid groups (broad SMARTS) is 1. The van der Waals surface area contributed by atoms with Crippen LogP contribution in [0.25, 0.3) is 0 Å². The Morgan fingerprint density at radius 1 is 1.48 bits per heavy atom. The molecule has 2 N–H and O–H groups in total. The Morgan fingerprint density at radius 3 is 2.76 bits per heavy atom. The van der Waals surface area contributed by atoms with Gasteiger partial charge in [-0.05, 0) is 37.5 Å². The highest BCUT2D eigenvalue weighted by atomic mass is 32.2. The zero-order chi connectivity index (χ0) is 15.7. The van der Waals surface area contributed by atoms with Gasteiger partial charge in [-0.15, -0.1) is 0 Å². The zero-order valence-electron chi connectivity index (χ0n) is 12.3. The number of urea groups is 1. The van der Waals surface area contributed by atoms with Crippen LogP contribution in [-0.2, 0) is 11.3 Å². The first-order chi connectivity index (χ1) is 10.1. The second-order valence-corrected chi connectivity index (χ2v) is 5.44. The highest BCUT2D eigenvalue weighted by Crippen LogP contribution is 2.05. The molecule has 0 aliphatic carbocycles. The van der Waals surface area contributed by atoms with Gasteiger partial charge in [0, 0.05) is 12.7 Å². The fourth-order valence-corrected chi connectivity index (χ4v) is 2.22. The molecule has 0 unspecified atom stereocenters. The Labute approximate surface area is 128 Å². The molecule has 1 aromatic rings. The Hall–Kier alpha value is -1.76. The van der Waals surface area contributed by atoms with E-state index in [0.717, 1.165) is 5.69 Å². The third-order valence-electron chi connectivity index (χ3n) is 2.95. The van der Waals surface area contributed by atoms with Crippen molar-refractivity contribution < 1.29 is 14.7 Å². The number of aromatic nitrogens is 1. The molecule has 0 aliphatic heterocycles. The van der Waals surface area contributed by atoms with Crippen molar-refractivity contribution >= 4 is 23.8 Å². The largest absolute Gasteiger partial charge is 0.480 e. The van der Waals surface area contributed by atoms with Gasteiger partial charge in [-0.3, -0.25) is 4.98 Å². The molecule has 2 amide bonds. The average Bonchev–Trinajstić information content (AvgIpc) is 2.49. The number of rotatable bonds is 8. The standard InChI is InChI=1S/C14H21N3O3S/c1-3-17(10-11-6-4-5-8-15-11)14(20)16-12(13(18)19)7-9-21-2/h4-6,8,12H,3,7,9-10H2,1-2H3,(H,16,20)(H,18,19)/t12-/m1/s1. The van der Waals surface area contributed by atoms with E-state index >= 15 is 0 Å². The molecule has 0 aliphatic rings. The monoisotopic (exact) mass is 311 g/mol. The molecule has 0 radical (unpaired) electrons. The molecule has 116 valence electrons. The van der Waals surface area contributed by atoms with Crippen LogP contribution in [0.2, 0.25) is 0 Å². The summed E-state index contributed by atoms with van der Waals surface area (Å²) in [6, 6.07) is 4.26. The molecule has 0 saturated carbocycles. The summed E-state index contributed by atoms with van der Waals surface area (Å²) in [5.74, 6) is -0.324. The minimum atomic E-state index is -1.01. The zero-order valence-corrected chi connectivity index (χ0v) is 13.1. The van der Waals surface area contributed by atoms with Gasteiger partial charge >= 0.3 is 12.0 Å². The quantitative estimate of drug-likeness (QED) is 0.765. The van der Waals surface area contributed by atoms with E-state index < -0.39 is 12.0 Å². The molecule has 1 aromatic heterocycles. The fourth-order valence-electron chi connectivity index (χ4n) is 1.75. The first kappa shape index (κ1) is 17.3. The number of carboxylic acids is 1. The molecule has 1 heterocycles. The van der Waals surface area contributed by atoms with Crippen LogP contribution in [0.1, 0.15) is 19.0 Å². The van der Waals surface area contributed by atoms with Crippen LogP contribution in [-0.4, -0.2) is 51.6 Å². The van der Waals surface area contributed by atoms with Crippen LogP contribution in [0.5, 0.6) is 0 Å². The topological polar surface area (TPSA) is 82.5 Å². The van der Waals surface area contributed by atoms with Crippen LogP contribution in [0, 0.1) is 0 Å². The molecule has 21 heavy (non-hydrogen) atoms.